The highest BCUT2D eigenvalue weighted by molar-refractivity contribution is 5.75. The van der Waals surface area contributed by atoms with E-state index in [4.69, 9.17) is 4.74 Å². The summed E-state index contributed by atoms with van der Waals surface area (Å²) < 4.78 is 20.4. The molecule has 2 heterocycles. The zero-order valence-corrected chi connectivity index (χ0v) is 14.2. The molecule has 1 amide bonds. The number of halogens is 1. The van der Waals surface area contributed by atoms with Crippen molar-refractivity contribution in [1.82, 2.24) is 20.1 Å². The Labute approximate surface area is 146 Å². The highest BCUT2D eigenvalue weighted by Crippen LogP contribution is 2.14. The fourth-order valence-electron chi connectivity index (χ4n) is 2.92. The Kier molecular flexibility index (Phi) is 5.98. The SMILES string of the molecule is O=C(CCOc1ccc(F)cc1)NCCc1nnc2n1CCCCC2. The van der Waals surface area contributed by atoms with Crippen molar-refractivity contribution in [3.63, 3.8) is 0 Å². The quantitative estimate of drug-likeness (QED) is 0.835. The molecule has 1 aromatic carbocycles. The van der Waals surface area contributed by atoms with Gasteiger partial charge in [0.15, 0.2) is 0 Å². The Morgan fingerprint density at radius 2 is 2.04 bits per heavy atom. The van der Waals surface area contributed by atoms with Gasteiger partial charge in [0.05, 0.1) is 13.0 Å². The van der Waals surface area contributed by atoms with Crippen LogP contribution in [0.5, 0.6) is 5.75 Å². The average molecular weight is 346 g/mol. The molecule has 2 aromatic rings. The Bertz CT molecular complexity index is 700. The summed E-state index contributed by atoms with van der Waals surface area (Å²) in [5.74, 6) is 2.18. The third-order valence-electron chi connectivity index (χ3n) is 4.27. The van der Waals surface area contributed by atoms with Gasteiger partial charge in [-0.1, -0.05) is 6.42 Å². The second kappa shape index (κ2) is 8.60. The highest BCUT2D eigenvalue weighted by Gasteiger charge is 2.14. The van der Waals surface area contributed by atoms with Crippen LogP contribution in [0.4, 0.5) is 4.39 Å². The molecule has 0 atom stereocenters. The maximum atomic E-state index is 12.8. The molecule has 0 radical (unpaired) electrons. The van der Waals surface area contributed by atoms with E-state index < -0.39 is 0 Å². The zero-order chi connectivity index (χ0) is 17.5. The average Bonchev–Trinajstić information content (AvgIpc) is 2.84. The molecule has 6 nitrogen and oxygen atoms in total. The van der Waals surface area contributed by atoms with Gasteiger partial charge in [-0.3, -0.25) is 4.79 Å². The van der Waals surface area contributed by atoms with E-state index in [1.54, 1.807) is 12.1 Å². The van der Waals surface area contributed by atoms with Crippen LogP contribution in [-0.4, -0.2) is 33.8 Å². The smallest absolute Gasteiger partial charge is 0.223 e. The van der Waals surface area contributed by atoms with Crippen molar-refractivity contribution in [3.8, 4) is 5.75 Å². The first-order valence-corrected chi connectivity index (χ1v) is 8.78. The molecule has 0 bridgehead atoms. The number of ether oxygens (including phenoxy) is 1. The van der Waals surface area contributed by atoms with Crippen molar-refractivity contribution in [2.75, 3.05) is 13.2 Å². The van der Waals surface area contributed by atoms with E-state index in [0.717, 1.165) is 31.0 Å². The van der Waals surface area contributed by atoms with Crippen LogP contribution < -0.4 is 10.1 Å². The minimum absolute atomic E-state index is 0.0716. The maximum Gasteiger partial charge on any atom is 0.223 e. The number of amides is 1. The molecule has 1 N–H and O–H groups in total. The molecular weight excluding hydrogens is 323 g/mol. The van der Waals surface area contributed by atoms with Crippen molar-refractivity contribution >= 4 is 5.91 Å². The lowest BCUT2D eigenvalue weighted by molar-refractivity contribution is -0.121. The Morgan fingerprint density at radius 1 is 1.20 bits per heavy atom. The van der Waals surface area contributed by atoms with Gasteiger partial charge in [-0.25, -0.2) is 4.39 Å². The number of nitrogens with zero attached hydrogens (tertiary/aromatic N) is 3. The van der Waals surface area contributed by atoms with E-state index in [1.807, 2.05) is 0 Å². The lowest BCUT2D eigenvalue weighted by atomic mass is 10.2. The minimum Gasteiger partial charge on any atom is -0.493 e. The molecule has 7 heteroatoms. The summed E-state index contributed by atoms with van der Waals surface area (Å²) in [7, 11) is 0. The van der Waals surface area contributed by atoms with E-state index >= 15 is 0 Å². The number of hydrogen-bond acceptors (Lipinski definition) is 4. The zero-order valence-electron chi connectivity index (χ0n) is 14.2. The molecule has 0 fully saturated rings. The first kappa shape index (κ1) is 17.4. The lowest BCUT2D eigenvalue weighted by Crippen LogP contribution is -2.27. The molecule has 1 aliphatic rings. The molecule has 134 valence electrons. The van der Waals surface area contributed by atoms with Crippen LogP contribution in [-0.2, 0) is 24.2 Å². The van der Waals surface area contributed by atoms with Gasteiger partial charge < -0.3 is 14.6 Å². The largest absolute Gasteiger partial charge is 0.493 e. The molecule has 0 unspecified atom stereocenters. The van der Waals surface area contributed by atoms with Gasteiger partial charge in [0.1, 0.15) is 23.2 Å². The Morgan fingerprint density at radius 3 is 2.88 bits per heavy atom. The minimum atomic E-state index is -0.309. The molecule has 25 heavy (non-hydrogen) atoms. The molecule has 1 aromatic heterocycles. The maximum absolute atomic E-state index is 12.8. The van der Waals surface area contributed by atoms with Crippen molar-refractivity contribution in [1.29, 1.82) is 0 Å². The van der Waals surface area contributed by atoms with E-state index in [1.165, 1.54) is 25.0 Å². The van der Waals surface area contributed by atoms with Crippen molar-refractivity contribution in [3.05, 3.63) is 41.7 Å². The fourth-order valence-corrected chi connectivity index (χ4v) is 2.92. The van der Waals surface area contributed by atoms with Crippen LogP contribution in [0.1, 0.15) is 37.3 Å². The van der Waals surface area contributed by atoms with E-state index in [-0.39, 0.29) is 24.8 Å². The normalized spacial score (nSPS) is 13.8. The standard InChI is InChI=1S/C18H23FN4O2/c19-14-5-7-15(8-6-14)25-13-10-18(24)20-11-9-17-22-21-16-4-2-1-3-12-23(16)17/h5-8H,1-4,9-13H2,(H,20,24). The summed E-state index contributed by atoms with van der Waals surface area (Å²) in [5.41, 5.74) is 0. The molecule has 0 saturated heterocycles. The number of aromatic nitrogens is 3. The monoisotopic (exact) mass is 346 g/mol. The summed E-state index contributed by atoms with van der Waals surface area (Å²) in [5, 5.41) is 11.4. The third-order valence-corrected chi connectivity index (χ3v) is 4.27. The van der Waals surface area contributed by atoms with Crippen LogP contribution >= 0.6 is 0 Å². The van der Waals surface area contributed by atoms with Crippen molar-refractivity contribution < 1.29 is 13.9 Å². The molecule has 3 rings (SSSR count). The summed E-state index contributed by atoms with van der Waals surface area (Å²) >= 11 is 0. The molecule has 1 aliphatic heterocycles. The number of carbonyl (C=O) groups is 1. The number of fused-ring (bicyclic) bond motifs is 1. The number of nitrogens with one attached hydrogen (secondary N) is 1. The van der Waals surface area contributed by atoms with E-state index in [2.05, 4.69) is 20.1 Å². The molecule has 0 spiro atoms. The molecule has 0 saturated carbocycles. The lowest BCUT2D eigenvalue weighted by Gasteiger charge is -2.09. The summed E-state index contributed by atoms with van der Waals surface area (Å²) in [6.45, 7) is 1.77. The first-order valence-electron chi connectivity index (χ1n) is 8.78. The van der Waals surface area contributed by atoms with Gasteiger partial charge in [-0.15, -0.1) is 10.2 Å². The Hall–Kier alpha value is -2.44. The molecular formula is C18H23FN4O2. The van der Waals surface area contributed by atoms with Crippen LogP contribution in [0.15, 0.2) is 24.3 Å². The van der Waals surface area contributed by atoms with Crippen LogP contribution in [0.3, 0.4) is 0 Å². The second-order valence-electron chi connectivity index (χ2n) is 6.15. The topological polar surface area (TPSA) is 69.0 Å². The number of carbonyl (C=O) groups excluding carboxylic acids is 1. The summed E-state index contributed by atoms with van der Waals surface area (Å²) in [6, 6.07) is 5.75. The molecule has 0 aliphatic carbocycles. The van der Waals surface area contributed by atoms with Gasteiger partial charge in [-0.2, -0.15) is 0 Å². The predicted octanol–water partition coefficient (Wildman–Crippen LogP) is 2.27. The van der Waals surface area contributed by atoms with Crippen LogP contribution in [0.25, 0.3) is 0 Å². The van der Waals surface area contributed by atoms with E-state index in [9.17, 15) is 9.18 Å². The van der Waals surface area contributed by atoms with Gasteiger partial charge in [0.2, 0.25) is 5.91 Å². The van der Waals surface area contributed by atoms with Crippen molar-refractivity contribution in [2.45, 2.75) is 45.1 Å². The van der Waals surface area contributed by atoms with Crippen LogP contribution in [0, 0.1) is 5.82 Å². The number of benzene rings is 1. The van der Waals surface area contributed by atoms with Gasteiger partial charge in [0, 0.05) is 25.9 Å². The summed E-state index contributed by atoms with van der Waals surface area (Å²) in [6.07, 6.45) is 5.48. The van der Waals surface area contributed by atoms with E-state index in [0.29, 0.717) is 18.7 Å². The fraction of sp³-hybridized carbons (Fsp3) is 0.500. The third kappa shape index (κ3) is 5.01. The van der Waals surface area contributed by atoms with Gasteiger partial charge >= 0.3 is 0 Å². The second-order valence-corrected chi connectivity index (χ2v) is 6.15. The van der Waals surface area contributed by atoms with Crippen molar-refractivity contribution in [2.24, 2.45) is 0 Å². The van der Waals surface area contributed by atoms with Gasteiger partial charge in [0.25, 0.3) is 0 Å². The van der Waals surface area contributed by atoms with Crippen LogP contribution in [0.2, 0.25) is 0 Å². The number of hydrogen-bond donors (Lipinski definition) is 1. The number of aryl methyl sites for hydroxylation is 1. The Balaban J connectivity index is 1.37. The summed E-state index contributed by atoms with van der Waals surface area (Å²) in [4.78, 5) is 11.9. The first-order chi connectivity index (χ1) is 12.2. The number of rotatable bonds is 7. The van der Waals surface area contributed by atoms with Gasteiger partial charge in [-0.05, 0) is 37.1 Å². The highest BCUT2D eigenvalue weighted by atomic mass is 19.1. The predicted molar refractivity (Wildman–Crippen MR) is 90.8 cm³/mol.